The summed E-state index contributed by atoms with van der Waals surface area (Å²) in [4.78, 5) is 31.3. The van der Waals surface area contributed by atoms with E-state index in [1.165, 1.54) is 0 Å². The molecule has 0 saturated heterocycles. The van der Waals surface area contributed by atoms with Gasteiger partial charge in [0.15, 0.2) is 0 Å². The van der Waals surface area contributed by atoms with Crippen LogP contribution in [0.5, 0.6) is 0 Å². The molecule has 1 aliphatic heterocycles. The third-order valence-corrected chi connectivity index (χ3v) is 6.00. The molecule has 0 spiro atoms. The minimum atomic E-state index is -0.0646. The molecule has 4 heterocycles. The number of hydrogen-bond acceptors (Lipinski definition) is 5. The number of aromatic nitrogens is 4. The van der Waals surface area contributed by atoms with Gasteiger partial charge < -0.3 is 4.98 Å². The monoisotopic (exact) mass is 473 g/mol. The molecule has 0 saturated carbocycles. The molecule has 3 aromatic heterocycles. The molecule has 154 valence electrons. The first-order chi connectivity index (χ1) is 15.2. The Balaban J connectivity index is 1.31. The molecular formula is C24H20BrN5O. The van der Waals surface area contributed by atoms with Gasteiger partial charge in [0, 0.05) is 60.2 Å². The van der Waals surface area contributed by atoms with Gasteiger partial charge in [0.1, 0.15) is 5.82 Å². The number of pyridine rings is 2. The van der Waals surface area contributed by atoms with Crippen LogP contribution in [0, 0.1) is 0 Å². The van der Waals surface area contributed by atoms with Crippen LogP contribution < -0.4 is 5.56 Å². The van der Waals surface area contributed by atoms with Crippen molar-refractivity contribution < 1.29 is 0 Å². The van der Waals surface area contributed by atoms with Gasteiger partial charge in [-0.1, -0.05) is 34.1 Å². The first-order valence-electron chi connectivity index (χ1n) is 10.1. The zero-order valence-electron chi connectivity index (χ0n) is 16.8. The Kier molecular flexibility index (Phi) is 5.44. The maximum atomic E-state index is 12.7. The summed E-state index contributed by atoms with van der Waals surface area (Å²) in [6, 6.07) is 16.0. The average Bonchev–Trinajstić information content (AvgIpc) is 2.81. The van der Waals surface area contributed by atoms with Gasteiger partial charge in [0.25, 0.3) is 5.56 Å². The molecule has 0 bridgehead atoms. The molecule has 0 atom stereocenters. The van der Waals surface area contributed by atoms with Crippen molar-refractivity contribution in [2.24, 2.45) is 0 Å². The Morgan fingerprint density at radius 1 is 1.00 bits per heavy atom. The Labute approximate surface area is 188 Å². The maximum Gasteiger partial charge on any atom is 0.255 e. The van der Waals surface area contributed by atoms with Gasteiger partial charge in [-0.2, -0.15) is 0 Å². The summed E-state index contributed by atoms with van der Waals surface area (Å²) in [6.07, 6.45) is 6.07. The number of benzene rings is 1. The highest BCUT2D eigenvalue weighted by Crippen LogP contribution is 2.22. The fourth-order valence-corrected chi connectivity index (χ4v) is 4.09. The Morgan fingerprint density at radius 2 is 1.81 bits per heavy atom. The van der Waals surface area contributed by atoms with Gasteiger partial charge in [-0.05, 0) is 35.9 Å². The number of rotatable bonds is 4. The highest BCUT2D eigenvalue weighted by molar-refractivity contribution is 9.10. The number of nitrogens with one attached hydrogen (secondary N) is 1. The van der Waals surface area contributed by atoms with Crippen LogP contribution in [0.1, 0.15) is 16.8 Å². The molecule has 0 amide bonds. The molecule has 0 aliphatic carbocycles. The fraction of sp³-hybridized carbons (Fsp3) is 0.167. The molecule has 4 aromatic rings. The first kappa shape index (κ1) is 19.8. The summed E-state index contributed by atoms with van der Waals surface area (Å²) in [5, 5.41) is 0. The van der Waals surface area contributed by atoms with Gasteiger partial charge >= 0.3 is 0 Å². The van der Waals surface area contributed by atoms with Crippen LogP contribution in [0.4, 0.5) is 0 Å². The van der Waals surface area contributed by atoms with E-state index in [0.29, 0.717) is 12.4 Å². The lowest BCUT2D eigenvalue weighted by Gasteiger charge is -2.27. The molecular weight excluding hydrogens is 454 g/mol. The van der Waals surface area contributed by atoms with Gasteiger partial charge in [0.2, 0.25) is 0 Å². The van der Waals surface area contributed by atoms with Crippen molar-refractivity contribution in [1.29, 1.82) is 0 Å². The highest BCUT2D eigenvalue weighted by Gasteiger charge is 2.21. The number of hydrogen-bond donors (Lipinski definition) is 1. The van der Waals surface area contributed by atoms with Gasteiger partial charge in [-0.25, -0.2) is 4.98 Å². The first-order valence-corrected chi connectivity index (χ1v) is 10.9. The van der Waals surface area contributed by atoms with E-state index in [9.17, 15) is 4.79 Å². The predicted molar refractivity (Wildman–Crippen MR) is 123 cm³/mol. The van der Waals surface area contributed by atoms with Crippen LogP contribution >= 0.6 is 15.9 Å². The average molecular weight is 474 g/mol. The van der Waals surface area contributed by atoms with Crippen LogP contribution in [0.3, 0.4) is 0 Å². The summed E-state index contributed by atoms with van der Waals surface area (Å²) in [6.45, 7) is 2.19. The van der Waals surface area contributed by atoms with Crippen LogP contribution in [-0.2, 0) is 19.5 Å². The number of aromatic amines is 1. The van der Waals surface area contributed by atoms with Crippen LogP contribution in [-0.4, -0.2) is 31.4 Å². The second kappa shape index (κ2) is 8.53. The minimum absolute atomic E-state index is 0.0646. The van der Waals surface area contributed by atoms with E-state index < -0.39 is 0 Å². The third kappa shape index (κ3) is 4.33. The standard InChI is InChI=1S/C24H20BrN5O/c25-19-4-2-17(3-5-19)21-6-1-16(13-27-21)14-30-12-9-22-20(15-30)24(31)29-23(28-22)18-7-10-26-11-8-18/h1-8,10-11,13H,9,12,14-15H2,(H,28,29,31). The molecule has 0 unspecified atom stereocenters. The maximum absolute atomic E-state index is 12.7. The summed E-state index contributed by atoms with van der Waals surface area (Å²) in [5.41, 5.74) is 5.61. The fourth-order valence-electron chi connectivity index (χ4n) is 3.83. The highest BCUT2D eigenvalue weighted by atomic mass is 79.9. The summed E-state index contributed by atoms with van der Waals surface area (Å²) in [7, 11) is 0. The summed E-state index contributed by atoms with van der Waals surface area (Å²) < 4.78 is 1.05. The number of nitrogens with zero attached hydrogens (tertiary/aromatic N) is 4. The van der Waals surface area contributed by atoms with E-state index in [0.717, 1.165) is 57.6 Å². The van der Waals surface area contributed by atoms with Crippen LogP contribution in [0.25, 0.3) is 22.6 Å². The smallest absolute Gasteiger partial charge is 0.255 e. The molecule has 0 fully saturated rings. The number of H-pyrrole nitrogens is 1. The second-order valence-electron chi connectivity index (χ2n) is 7.59. The van der Waals surface area contributed by atoms with E-state index in [1.807, 2.05) is 48.7 Å². The lowest BCUT2D eigenvalue weighted by molar-refractivity contribution is 0.241. The number of fused-ring (bicyclic) bond motifs is 1. The number of halogens is 1. The van der Waals surface area contributed by atoms with Crippen molar-refractivity contribution in [2.45, 2.75) is 19.5 Å². The largest absolute Gasteiger partial charge is 0.306 e. The Bertz CT molecular complexity index is 1250. The van der Waals surface area contributed by atoms with E-state index in [4.69, 9.17) is 4.98 Å². The van der Waals surface area contributed by atoms with Crippen LogP contribution in [0.2, 0.25) is 0 Å². The van der Waals surface area contributed by atoms with E-state index in [1.54, 1.807) is 12.4 Å². The van der Waals surface area contributed by atoms with Crippen molar-refractivity contribution >= 4 is 15.9 Å². The van der Waals surface area contributed by atoms with E-state index >= 15 is 0 Å². The van der Waals surface area contributed by atoms with E-state index in [-0.39, 0.29) is 5.56 Å². The van der Waals surface area contributed by atoms with Gasteiger partial charge in [0.05, 0.1) is 17.0 Å². The lowest BCUT2D eigenvalue weighted by Crippen LogP contribution is -2.35. The summed E-state index contributed by atoms with van der Waals surface area (Å²) in [5.74, 6) is 0.604. The second-order valence-corrected chi connectivity index (χ2v) is 8.51. The molecule has 1 aromatic carbocycles. The molecule has 7 heteroatoms. The Hall–Kier alpha value is -3.16. The summed E-state index contributed by atoms with van der Waals surface area (Å²) >= 11 is 3.46. The molecule has 5 rings (SSSR count). The Morgan fingerprint density at radius 3 is 2.55 bits per heavy atom. The minimum Gasteiger partial charge on any atom is -0.306 e. The van der Waals surface area contributed by atoms with Crippen molar-refractivity contribution in [1.82, 2.24) is 24.8 Å². The lowest BCUT2D eigenvalue weighted by atomic mass is 10.1. The molecule has 6 nitrogen and oxygen atoms in total. The zero-order valence-corrected chi connectivity index (χ0v) is 18.3. The topological polar surface area (TPSA) is 74.8 Å². The van der Waals surface area contributed by atoms with Crippen molar-refractivity contribution in [2.75, 3.05) is 6.54 Å². The van der Waals surface area contributed by atoms with Gasteiger partial charge in [-0.3, -0.25) is 19.7 Å². The predicted octanol–water partition coefficient (Wildman–Crippen LogP) is 4.21. The third-order valence-electron chi connectivity index (χ3n) is 5.47. The molecule has 1 N–H and O–H groups in total. The van der Waals surface area contributed by atoms with Gasteiger partial charge in [-0.15, -0.1) is 0 Å². The molecule has 31 heavy (non-hydrogen) atoms. The van der Waals surface area contributed by atoms with Crippen molar-refractivity contribution in [3.63, 3.8) is 0 Å². The van der Waals surface area contributed by atoms with Crippen LogP contribution in [0.15, 0.2) is 76.4 Å². The molecule has 1 aliphatic rings. The SMILES string of the molecule is O=c1[nH]c(-c2ccncc2)nc2c1CN(Cc1ccc(-c3ccc(Br)cc3)nc1)CC2. The van der Waals surface area contributed by atoms with E-state index in [2.05, 4.69) is 41.8 Å². The normalized spacial score (nSPS) is 13.7. The van der Waals surface area contributed by atoms with Crippen molar-refractivity contribution in [3.05, 3.63) is 98.8 Å². The molecule has 0 radical (unpaired) electrons. The van der Waals surface area contributed by atoms with Crippen molar-refractivity contribution in [3.8, 4) is 22.6 Å². The zero-order chi connectivity index (χ0) is 21.2. The quantitative estimate of drug-likeness (QED) is 0.480.